The van der Waals surface area contributed by atoms with Crippen LogP contribution in [0.25, 0.3) is 0 Å². The maximum Gasteiger partial charge on any atom is 0.325 e. The lowest BCUT2D eigenvalue weighted by molar-refractivity contribution is 0.371. The first-order chi connectivity index (χ1) is 13.8. The molecule has 3 N–H and O–H groups in total. The van der Waals surface area contributed by atoms with Gasteiger partial charge in [-0.3, -0.25) is 4.57 Å². The van der Waals surface area contributed by atoms with E-state index in [-0.39, 0.29) is 12.0 Å². The molecule has 2 rings (SSSR count). The van der Waals surface area contributed by atoms with Crippen molar-refractivity contribution in [3.05, 3.63) is 70.5 Å². The third-order valence-electron chi connectivity index (χ3n) is 5.13. The van der Waals surface area contributed by atoms with Crippen LogP contribution in [0.2, 0.25) is 0 Å². The monoisotopic (exact) mass is 421 g/mol. The van der Waals surface area contributed by atoms with Crippen LogP contribution >= 0.6 is 7.60 Å². The van der Waals surface area contributed by atoms with Gasteiger partial charge in [0.15, 0.2) is 0 Å². The number of halogens is 1. The van der Waals surface area contributed by atoms with E-state index in [2.05, 4.69) is 29.6 Å². The second kappa shape index (κ2) is 12.2. The average molecular weight is 421 g/mol. The Kier molecular flexibility index (Phi) is 10.0. The molecule has 0 saturated carbocycles. The molecule has 0 aromatic heterocycles. The number of hydrogen-bond acceptors (Lipinski definition) is 2. The Morgan fingerprint density at radius 2 is 1.62 bits per heavy atom. The first kappa shape index (κ1) is 23.8. The normalized spacial score (nSPS) is 11.7. The van der Waals surface area contributed by atoms with E-state index in [4.69, 9.17) is 9.79 Å². The van der Waals surface area contributed by atoms with Crippen molar-refractivity contribution in [2.24, 2.45) is 0 Å². The van der Waals surface area contributed by atoms with Crippen LogP contribution in [0.4, 0.5) is 4.39 Å². The molecule has 0 aliphatic carbocycles. The van der Waals surface area contributed by atoms with Crippen LogP contribution in [0.1, 0.15) is 54.4 Å². The smallest absolute Gasteiger partial charge is 0.324 e. The quantitative estimate of drug-likeness (QED) is 0.310. The highest BCUT2D eigenvalue weighted by molar-refractivity contribution is 7.51. The highest BCUT2D eigenvalue weighted by Crippen LogP contribution is 2.34. The van der Waals surface area contributed by atoms with Crippen LogP contribution in [-0.4, -0.2) is 22.5 Å². The van der Waals surface area contributed by atoms with Crippen molar-refractivity contribution in [3.8, 4) is 0 Å². The fourth-order valence-corrected chi connectivity index (χ4v) is 4.01. The molecule has 0 aliphatic heterocycles. The average Bonchev–Trinajstić information content (AvgIpc) is 2.67. The molecule has 0 heterocycles. The minimum absolute atomic E-state index is 0.127. The van der Waals surface area contributed by atoms with E-state index >= 15 is 0 Å². The van der Waals surface area contributed by atoms with Gasteiger partial charge in [0.05, 0.1) is 6.16 Å². The standard InChI is InChI=1S/C23H33FNO3P/c1-19-16-21(13-8-3-2-5-10-20-11-6-4-7-12-20)23(24)17-22(19)18-25-14-9-15-29(26,27)28/h4,6-7,11-12,16-17,25H,2-3,5,8-10,13-15,18H2,1H3,(H2,26,27,28). The van der Waals surface area contributed by atoms with Crippen molar-refractivity contribution >= 4 is 7.60 Å². The van der Waals surface area contributed by atoms with Gasteiger partial charge in [-0.25, -0.2) is 4.39 Å². The predicted molar refractivity (Wildman–Crippen MR) is 117 cm³/mol. The van der Waals surface area contributed by atoms with Gasteiger partial charge in [0.1, 0.15) is 5.82 Å². The lowest BCUT2D eigenvalue weighted by atomic mass is 9.99. The van der Waals surface area contributed by atoms with Crippen LogP contribution in [-0.2, 0) is 24.0 Å². The first-order valence-corrected chi connectivity index (χ1v) is 12.2. The van der Waals surface area contributed by atoms with Gasteiger partial charge in [0.25, 0.3) is 0 Å². The van der Waals surface area contributed by atoms with Crippen molar-refractivity contribution < 1.29 is 18.7 Å². The third kappa shape index (κ3) is 9.68. The summed E-state index contributed by atoms with van der Waals surface area (Å²) in [6.07, 6.45) is 6.55. The Morgan fingerprint density at radius 3 is 2.31 bits per heavy atom. The Hall–Kier alpha value is -1.52. The second-order valence-electron chi connectivity index (χ2n) is 7.69. The summed E-state index contributed by atoms with van der Waals surface area (Å²) in [6.45, 7) is 2.98. The first-order valence-electron chi connectivity index (χ1n) is 10.4. The Labute approximate surface area is 173 Å². The largest absolute Gasteiger partial charge is 0.325 e. The zero-order valence-electron chi connectivity index (χ0n) is 17.2. The molecule has 4 nitrogen and oxygen atoms in total. The van der Waals surface area contributed by atoms with Crippen molar-refractivity contribution in [1.29, 1.82) is 0 Å². The SMILES string of the molecule is Cc1cc(CCCCCCc2ccccc2)c(F)cc1CNCCCP(=O)(O)O. The summed E-state index contributed by atoms with van der Waals surface area (Å²) in [5, 5.41) is 3.13. The molecule has 0 radical (unpaired) electrons. The second-order valence-corrected chi connectivity index (χ2v) is 9.47. The highest BCUT2D eigenvalue weighted by atomic mass is 31.2. The minimum Gasteiger partial charge on any atom is -0.324 e. The van der Waals surface area contributed by atoms with E-state index in [0.717, 1.165) is 55.2 Å². The van der Waals surface area contributed by atoms with E-state index in [1.807, 2.05) is 19.1 Å². The predicted octanol–water partition coefficient (Wildman–Crippen LogP) is 5.14. The summed E-state index contributed by atoms with van der Waals surface area (Å²) in [7, 11) is -3.94. The fourth-order valence-electron chi connectivity index (χ4n) is 3.44. The molecule has 160 valence electrons. The Balaban J connectivity index is 1.68. The maximum atomic E-state index is 14.4. The van der Waals surface area contributed by atoms with Gasteiger partial charge in [-0.1, -0.05) is 49.2 Å². The van der Waals surface area contributed by atoms with Gasteiger partial charge in [0.2, 0.25) is 0 Å². The van der Waals surface area contributed by atoms with Gasteiger partial charge in [-0.15, -0.1) is 0 Å². The van der Waals surface area contributed by atoms with E-state index in [1.54, 1.807) is 6.07 Å². The topological polar surface area (TPSA) is 69.6 Å². The summed E-state index contributed by atoms with van der Waals surface area (Å²) < 4.78 is 25.3. The van der Waals surface area contributed by atoms with E-state index < -0.39 is 7.60 Å². The summed E-state index contributed by atoms with van der Waals surface area (Å²) in [4.78, 5) is 17.7. The molecule has 0 fully saturated rings. The molecule has 6 heteroatoms. The lowest BCUT2D eigenvalue weighted by Gasteiger charge is -2.12. The van der Waals surface area contributed by atoms with Crippen LogP contribution in [0.3, 0.4) is 0 Å². The number of aryl methyl sites for hydroxylation is 3. The molecular formula is C23H33FNO3P. The van der Waals surface area contributed by atoms with E-state index in [1.165, 1.54) is 5.56 Å². The van der Waals surface area contributed by atoms with Gasteiger partial charge >= 0.3 is 7.60 Å². The molecule has 0 saturated heterocycles. The van der Waals surface area contributed by atoms with Crippen LogP contribution in [0.15, 0.2) is 42.5 Å². The van der Waals surface area contributed by atoms with Crippen LogP contribution in [0.5, 0.6) is 0 Å². The summed E-state index contributed by atoms with van der Waals surface area (Å²) in [5.41, 5.74) is 4.09. The Morgan fingerprint density at radius 1 is 0.931 bits per heavy atom. The van der Waals surface area contributed by atoms with Gasteiger partial charge in [0, 0.05) is 6.54 Å². The zero-order valence-corrected chi connectivity index (χ0v) is 18.1. The van der Waals surface area contributed by atoms with Crippen LogP contribution < -0.4 is 5.32 Å². The number of hydrogen-bond donors (Lipinski definition) is 3. The number of rotatable bonds is 13. The van der Waals surface area contributed by atoms with Gasteiger partial charge in [-0.05, 0) is 73.9 Å². The number of benzene rings is 2. The zero-order chi connectivity index (χ0) is 21.1. The molecule has 2 aromatic rings. The van der Waals surface area contributed by atoms with Crippen molar-refractivity contribution in [2.45, 2.75) is 58.4 Å². The molecule has 0 atom stereocenters. The van der Waals surface area contributed by atoms with Crippen molar-refractivity contribution in [1.82, 2.24) is 5.32 Å². The fraction of sp³-hybridized carbons (Fsp3) is 0.478. The molecule has 0 aliphatic rings. The van der Waals surface area contributed by atoms with E-state index in [9.17, 15) is 8.96 Å². The lowest BCUT2D eigenvalue weighted by Crippen LogP contribution is -2.17. The third-order valence-corrected chi connectivity index (χ3v) is 6.03. The van der Waals surface area contributed by atoms with Crippen molar-refractivity contribution in [3.63, 3.8) is 0 Å². The van der Waals surface area contributed by atoms with Crippen molar-refractivity contribution in [2.75, 3.05) is 12.7 Å². The molecule has 0 unspecified atom stereocenters. The number of unbranched alkanes of at least 4 members (excludes halogenated alkanes) is 3. The highest BCUT2D eigenvalue weighted by Gasteiger charge is 2.11. The number of nitrogens with one attached hydrogen (secondary N) is 1. The summed E-state index contributed by atoms with van der Waals surface area (Å²) in [6, 6.07) is 14.0. The molecule has 2 aromatic carbocycles. The summed E-state index contributed by atoms with van der Waals surface area (Å²) >= 11 is 0. The Bertz CT molecular complexity index is 792. The van der Waals surface area contributed by atoms with Gasteiger partial charge in [-0.2, -0.15) is 0 Å². The molecule has 0 spiro atoms. The van der Waals surface area contributed by atoms with E-state index in [0.29, 0.717) is 19.5 Å². The van der Waals surface area contributed by atoms with Gasteiger partial charge < -0.3 is 15.1 Å². The molecular weight excluding hydrogens is 388 g/mol. The minimum atomic E-state index is -3.94. The molecule has 0 amide bonds. The molecule has 0 bridgehead atoms. The maximum absolute atomic E-state index is 14.4. The van der Waals surface area contributed by atoms with Crippen LogP contribution in [0, 0.1) is 12.7 Å². The summed E-state index contributed by atoms with van der Waals surface area (Å²) in [5.74, 6) is -0.160. The molecule has 29 heavy (non-hydrogen) atoms.